The van der Waals surface area contributed by atoms with Crippen LogP contribution >= 0.6 is 11.6 Å². The lowest BCUT2D eigenvalue weighted by Gasteiger charge is -2.29. The maximum Gasteiger partial charge on any atom is 0.256 e. The monoisotopic (exact) mass is 314 g/mol. The van der Waals surface area contributed by atoms with E-state index in [0.717, 1.165) is 6.07 Å². The van der Waals surface area contributed by atoms with Crippen LogP contribution in [0.5, 0.6) is 0 Å². The Morgan fingerprint density at radius 3 is 2.67 bits per heavy atom. The van der Waals surface area contributed by atoms with Crippen molar-refractivity contribution < 1.29 is 18.7 Å². The summed E-state index contributed by atoms with van der Waals surface area (Å²) in [5.74, 6) is -1.64. The van der Waals surface area contributed by atoms with Crippen LogP contribution < -0.4 is 5.32 Å². The molecule has 1 aromatic rings. The Bertz CT molecular complexity index is 527. The van der Waals surface area contributed by atoms with Gasteiger partial charge in [-0.25, -0.2) is 4.39 Å². The maximum absolute atomic E-state index is 13.6. The van der Waals surface area contributed by atoms with E-state index in [2.05, 4.69) is 5.32 Å². The fourth-order valence-electron chi connectivity index (χ4n) is 2.10. The number of amides is 2. The number of hydrogen-bond acceptors (Lipinski definition) is 3. The molecule has 114 valence electrons. The van der Waals surface area contributed by atoms with E-state index in [-0.39, 0.29) is 16.5 Å². The SMILES string of the molecule is C[C@H](NC(=O)c1c(F)cccc1Cl)C(=O)N1CCOCC1. The van der Waals surface area contributed by atoms with E-state index in [0.29, 0.717) is 26.3 Å². The second-order valence-corrected chi connectivity index (χ2v) is 5.14. The van der Waals surface area contributed by atoms with Gasteiger partial charge in [0.05, 0.1) is 23.8 Å². The van der Waals surface area contributed by atoms with Gasteiger partial charge in [0.15, 0.2) is 0 Å². The Labute approximate surface area is 127 Å². The molecule has 0 aromatic heterocycles. The summed E-state index contributed by atoms with van der Waals surface area (Å²) in [5.41, 5.74) is -0.249. The van der Waals surface area contributed by atoms with Crippen LogP contribution in [-0.4, -0.2) is 49.1 Å². The summed E-state index contributed by atoms with van der Waals surface area (Å²) in [6.07, 6.45) is 0. The molecule has 1 heterocycles. The lowest BCUT2D eigenvalue weighted by atomic mass is 10.1. The quantitative estimate of drug-likeness (QED) is 0.919. The molecule has 0 bridgehead atoms. The van der Waals surface area contributed by atoms with Gasteiger partial charge in [-0.2, -0.15) is 0 Å². The van der Waals surface area contributed by atoms with Gasteiger partial charge in [0, 0.05) is 13.1 Å². The van der Waals surface area contributed by atoms with Crippen molar-refractivity contribution in [3.8, 4) is 0 Å². The largest absolute Gasteiger partial charge is 0.378 e. The normalized spacial score (nSPS) is 16.4. The number of carbonyl (C=O) groups excluding carboxylic acids is 2. The molecule has 1 atom stereocenters. The molecule has 0 spiro atoms. The zero-order valence-electron chi connectivity index (χ0n) is 11.6. The number of nitrogens with one attached hydrogen (secondary N) is 1. The predicted octanol–water partition coefficient (Wildman–Crippen LogP) is 1.46. The van der Waals surface area contributed by atoms with E-state index in [1.807, 2.05) is 0 Å². The van der Waals surface area contributed by atoms with Gasteiger partial charge < -0.3 is 15.0 Å². The van der Waals surface area contributed by atoms with Crippen molar-refractivity contribution in [1.29, 1.82) is 0 Å². The molecule has 21 heavy (non-hydrogen) atoms. The summed E-state index contributed by atoms with van der Waals surface area (Å²) in [6.45, 7) is 3.49. The Hall–Kier alpha value is -1.66. The first-order valence-electron chi connectivity index (χ1n) is 6.62. The van der Waals surface area contributed by atoms with Crippen LogP contribution in [0.3, 0.4) is 0 Å². The summed E-state index contributed by atoms with van der Waals surface area (Å²) >= 11 is 5.82. The standard InChI is InChI=1S/C14H16ClFN2O3/c1-9(14(20)18-5-7-21-8-6-18)17-13(19)12-10(15)3-2-4-11(12)16/h2-4,9H,5-8H2,1H3,(H,17,19)/t9-/m0/s1. The Morgan fingerprint density at radius 2 is 2.05 bits per heavy atom. The van der Waals surface area contributed by atoms with Crippen LogP contribution in [0, 0.1) is 5.82 Å². The van der Waals surface area contributed by atoms with Crippen molar-refractivity contribution in [2.45, 2.75) is 13.0 Å². The maximum atomic E-state index is 13.6. The predicted molar refractivity (Wildman–Crippen MR) is 75.7 cm³/mol. The third kappa shape index (κ3) is 3.71. The van der Waals surface area contributed by atoms with Crippen molar-refractivity contribution in [3.05, 3.63) is 34.6 Å². The lowest BCUT2D eigenvalue weighted by Crippen LogP contribution is -2.50. The number of rotatable bonds is 3. The van der Waals surface area contributed by atoms with Gasteiger partial charge in [0.1, 0.15) is 11.9 Å². The van der Waals surface area contributed by atoms with Crippen molar-refractivity contribution in [3.63, 3.8) is 0 Å². The smallest absolute Gasteiger partial charge is 0.256 e. The van der Waals surface area contributed by atoms with E-state index < -0.39 is 17.8 Å². The molecule has 5 nitrogen and oxygen atoms in total. The molecule has 1 aliphatic rings. The molecule has 2 amide bonds. The molecule has 0 radical (unpaired) electrons. The number of hydrogen-bond donors (Lipinski definition) is 1. The van der Waals surface area contributed by atoms with Crippen LogP contribution in [0.25, 0.3) is 0 Å². The van der Waals surface area contributed by atoms with E-state index >= 15 is 0 Å². The molecule has 1 aliphatic heterocycles. The zero-order chi connectivity index (χ0) is 15.4. The Balaban J connectivity index is 2.03. The lowest BCUT2D eigenvalue weighted by molar-refractivity contribution is -0.136. The minimum Gasteiger partial charge on any atom is -0.378 e. The number of carbonyl (C=O) groups is 2. The second kappa shape index (κ2) is 6.87. The number of benzene rings is 1. The van der Waals surface area contributed by atoms with Crippen LogP contribution in [0.1, 0.15) is 17.3 Å². The van der Waals surface area contributed by atoms with Crippen molar-refractivity contribution in [2.75, 3.05) is 26.3 Å². The van der Waals surface area contributed by atoms with Gasteiger partial charge >= 0.3 is 0 Å². The molecule has 0 aliphatic carbocycles. The topological polar surface area (TPSA) is 58.6 Å². The summed E-state index contributed by atoms with van der Waals surface area (Å²) < 4.78 is 18.8. The number of halogens is 2. The van der Waals surface area contributed by atoms with Crippen LogP contribution in [0.2, 0.25) is 5.02 Å². The number of morpholine rings is 1. The summed E-state index contributed by atoms with van der Waals surface area (Å²) in [4.78, 5) is 25.8. The molecular weight excluding hydrogens is 299 g/mol. The molecule has 1 aromatic carbocycles. The van der Waals surface area contributed by atoms with E-state index in [1.54, 1.807) is 11.8 Å². The van der Waals surface area contributed by atoms with Gasteiger partial charge in [0.25, 0.3) is 5.91 Å². The zero-order valence-corrected chi connectivity index (χ0v) is 12.3. The highest BCUT2D eigenvalue weighted by Gasteiger charge is 2.25. The van der Waals surface area contributed by atoms with E-state index in [1.165, 1.54) is 12.1 Å². The number of ether oxygens (including phenoxy) is 1. The molecule has 1 N–H and O–H groups in total. The molecule has 1 fully saturated rings. The summed E-state index contributed by atoms with van der Waals surface area (Å²) in [5, 5.41) is 2.49. The molecule has 0 saturated carbocycles. The van der Waals surface area contributed by atoms with Crippen LogP contribution in [0.4, 0.5) is 4.39 Å². The number of nitrogens with zero attached hydrogens (tertiary/aromatic N) is 1. The first kappa shape index (κ1) is 15.7. The second-order valence-electron chi connectivity index (χ2n) is 4.73. The fraction of sp³-hybridized carbons (Fsp3) is 0.429. The van der Waals surface area contributed by atoms with Gasteiger partial charge in [-0.15, -0.1) is 0 Å². The first-order valence-corrected chi connectivity index (χ1v) is 7.00. The third-order valence-electron chi connectivity index (χ3n) is 3.23. The van der Waals surface area contributed by atoms with Crippen molar-refractivity contribution in [1.82, 2.24) is 10.2 Å². The minimum atomic E-state index is -0.758. The molecule has 2 rings (SSSR count). The third-order valence-corrected chi connectivity index (χ3v) is 3.55. The van der Waals surface area contributed by atoms with Gasteiger partial charge in [-0.05, 0) is 19.1 Å². The average molecular weight is 315 g/mol. The van der Waals surface area contributed by atoms with Crippen LogP contribution in [0.15, 0.2) is 18.2 Å². The Morgan fingerprint density at radius 1 is 1.38 bits per heavy atom. The van der Waals surface area contributed by atoms with Gasteiger partial charge in [-0.3, -0.25) is 9.59 Å². The highest BCUT2D eigenvalue weighted by Crippen LogP contribution is 2.18. The Kier molecular flexibility index (Phi) is 5.14. The summed E-state index contributed by atoms with van der Waals surface area (Å²) in [6, 6.07) is 3.23. The van der Waals surface area contributed by atoms with Gasteiger partial charge in [0.2, 0.25) is 5.91 Å². The first-order chi connectivity index (χ1) is 10.0. The molecule has 7 heteroatoms. The summed E-state index contributed by atoms with van der Waals surface area (Å²) in [7, 11) is 0. The minimum absolute atomic E-state index is 0.0125. The van der Waals surface area contributed by atoms with Crippen molar-refractivity contribution >= 4 is 23.4 Å². The van der Waals surface area contributed by atoms with Gasteiger partial charge in [-0.1, -0.05) is 17.7 Å². The van der Waals surface area contributed by atoms with E-state index in [9.17, 15) is 14.0 Å². The van der Waals surface area contributed by atoms with Crippen molar-refractivity contribution in [2.24, 2.45) is 0 Å². The average Bonchev–Trinajstić information content (AvgIpc) is 2.47. The van der Waals surface area contributed by atoms with E-state index in [4.69, 9.17) is 16.3 Å². The van der Waals surface area contributed by atoms with Crippen LogP contribution in [-0.2, 0) is 9.53 Å². The molecular formula is C14H16ClFN2O3. The fourth-order valence-corrected chi connectivity index (χ4v) is 2.35. The highest BCUT2D eigenvalue weighted by atomic mass is 35.5. The molecule has 1 saturated heterocycles. The highest BCUT2D eigenvalue weighted by molar-refractivity contribution is 6.33. The molecule has 0 unspecified atom stereocenters.